The lowest BCUT2D eigenvalue weighted by molar-refractivity contribution is 0.106. The molecule has 3 rings (SSSR count). The molecule has 0 saturated heterocycles. The van der Waals surface area contributed by atoms with Crippen LogP contribution in [0.1, 0.15) is 108 Å². The second kappa shape index (κ2) is 14.4. The Morgan fingerprint density at radius 3 is 1.81 bits per heavy atom. The minimum absolute atomic E-state index is 0.179. The van der Waals surface area contributed by atoms with Crippen LogP contribution in [0.4, 0.5) is 0 Å². The van der Waals surface area contributed by atoms with Crippen LogP contribution in [-0.2, 0) is 0 Å². The van der Waals surface area contributed by atoms with Gasteiger partial charge in [0.05, 0.1) is 12.7 Å². The highest BCUT2D eigenvalue weighted by Crippen LogP contribution is 2.34. The molecule has 2 aromatic carbocycles. The zero-order valence-corrected chi connectivity index (χ0v) is 20.2. The predicted molar refractivity (Wildman–Crippen MR) is 136 cm³/mol. The molecule has 2 nitrogen and oxygen atoms in total. The Kier molecular flexibility index (Phi) is 11.2. The van der Waals surface area contributed by atoms with Crippen molar-refractivity contribution in [2.45, 2.75) is 109 Å². The van der Waals surface area contributed by atoms with Crippen molar-refractivity contribution in [3.63, 3.8) is 0 Å². The maximum absolute atomic E-state index is 10.3. The Morgan fingerprint density at radius 1 is 0.688 bits per heavy atom. The van der Waals surface area contributed by atoms with Gasteiger partial charge in [-0.3, -0.25) is 0 Å². The molecule has 176 valence electrons. The fourth-order valence-electron chi connectivity index (χ4n) is 4.95. The number of ether oxygens (including phenoxy) is 1. The highest BCUT2D eigenvalue weighted by atomic mass is 16.5. The van der Waals surface area contributed by atoms with Crippen molar-refractivity contribution in [3.8, 4) is 16.9 Å². The summed E-state index contributed by atoms with van der Waals surface area (Å²) >= 11 is 0. The lowest BCUT2D eigenvalue weighted by Crippen LogP contribution is -2.22. The topological polar surface area (TPSA) is 29.5 Å². The van der Waals surface area contributed by atoms with E-state index in [0.717, 1.165) is 38.0 Å². The van der Waals surface area contributed by atoms with E-state index in [4.69, 9.17) is 4.74 Å². The Morgan fingerprint density at radius 2 is 1.22 bits per heavy atom. The van der Waals surface area contributed by atoms with Crippen LogP contribution in [-0.4, -0.2) is 17.8 Å². The van der Waals surface area contributed by atoms with E-state index in [2.05, 4.69) is 55.5 Å². The molecule has 2 aromatic rings. The van der Waals surface area contributed by atoms with E-state index in [1.165, 1.54) is 80.9 Å². The number of benzene rings is 2. The van der Waals surface area contributed by atoms with Crippen molar-refractivity contribution in [2.24, 2.45) is 0 Å². The number of aliphatic hydroxyl groups is 1. The average molecular weight is 437 g/mol. The minimum Gasteiger partial charge on any atom is -0.494 e. The molecule has 0 amide bonds. The van der Waals surface area contributed by atoms with Gasteiger partial charge in [-0.1, -0.05) is 114 Å². The molecule has 1 aliphatic carbocycles. The third-order valence-corrected chi connectivity index (χ3v) is 7.02. The fourth-order valence-corrected chi connectivity index (χ4v) is 4.95. The second-order valence-corrected chi connectivity index (χ2v) is 9.64. The zero-order valence-electron chi connectivity index (χ0n) is 20.2. The smallest absolute Gasteiger partial charge is 0.119 e. The molecule has 0 bridgehead atoms. The Hall–Kier alpha value is -1.80. The van der Waals surface area contributed by atoms with Gasteiger partial charge in [0.15, 0.2) is 0 Å². The van der Waals surface area contributed by atoms with Gasteiger partial charge in [-0.2, -0.15) is 0 Å². The first kappa shape index (κ1) is 24.8. The normalized spacial score (nSPS) is 18.6. The Labute approximate surface area is 196 Å². The van der Waals surface area contributed by atoms with Gasteiger partial charge in [0.1, 0.15) is 5.75 Å². The molecule has 1 fully saturated rings. The molecule has 0 unspecified atom stereocenters. The number of aliphatic hydroxyl groups excluding tert-OH is 1. The SMILES string of the molecule is CCCCCCCCCCCCOc1ccc(-c2ccc([C@H]3CCCC[C@@H]3O)cc2)cc1. The fraction of sp³-hybridized carbons (Fsp3) is 0.600. The molecule has 1 saturated carbocycles. The summed E-state index contributed by atoms with van der Waals surface area (Å²) in [5, 5.41) is 10.3. The average Bonchev–Trinajstić information content (AvgIpc) is 2.83. The Balaban J connectivity index is 1.33. The van der Waals surface area contributed by atoms with Crippen LogP contribution in [0, 0.1) is 0 Å². The van der Waals surface area contributed by atoms with Crippen molar-refractivity contribution in [3.05, 3.63) is 54.1 Å². The van der Waals surface area contributed by atoms with Gasteiger partial charge < -0.3 is 9.84 Å². The number of rotatable bonds is 14. The summed E-state index contributed by atoms with van der Waals surface area (Å²) < 4.78 is 5.95. The minimum atomic E-state index is -0.179. The first-order valence-electron chi connectivity index (χ1n) is 13.3. The third-order valence-electron chi connectivity index (χ3n) is 7.02. The van der Waals surface area contributed by atoms with Gasteiger partial charge in [0.25, 0.3) is 0 Å². The highest BCUT2D eigenvalue weighted by Gasteiger charge is 2.24. The molecular formula is C30H44O2. The molecular weight excluding hydrogens is 392 g/mol. The number of hydrogen-bond acceptors (Lipinski definition) is 2. The van der Waals surface area contributed by atoms with E-state index in [1.54, 1.807) is 0 Å². The summed E-state index contributed by atoms with van der Waals surface area (Å²) in [6.45, 7) is 3.09. The van der Waals surface area contributed by atoms with Crippen molar-refractivity contribution in [2.75, 3.05) is 6.61 Å². The van der Waals surface area contributed by atoms with Gasteiger partial charge >= 0.3 is 0 Å². The molecule has 2 heteroatoms. The standard InChI is InChI=1S/C30H44O2/c1-2-3-4-5-6-7-8-9-10-13-24-32-28-22-20-26(21-23-28)25-16-18-27(19-17-25)29-14-11-12-15-30(29)31/h16-23,29-31H,2-15,24H2,1H3/t29-,30+/m1/s1. The predicted octanol–water partition coefficient (Wildman–Crippen LogP) is 8.67. The van der Waals surface area contributed by atoms with E-state index >= 15 is 0 Å². The molecule has 32 heavy (non-hydrogen) atoms. The molecule has 0 aromatic heterocycles. The van der Waals surface area contributed by atoms with Crippen LogP contribution in [0.25, 0.3) is 11.1 Å². The quantitative estimate of drug-likeness (QED) is 0.300. The van der Waals surface area contributed by atoms with Crippen LogP contribution in [0.5, 0.6) is 5.75 Å². The molecule has 2 atom stereocenters. The highest BCUT2D eigenvalue weighted by molar-refractivity contribution is 5.64. The second-order valence-electron chi connectivity index (χ2n) is 9.64. The maximum Gasteiger partial charge on any atom is 0.119 e. The van der Waals surface area contributed by atoms with Gasteiger partial charge in [0, 0.05) is 5.92 Å². The summed E-state index contributed by atoms with van der Waals surface area (Å²) in [6, 6.07) is 17.3. The number of unbranched alkanes of at least 4 members (excludes halogenated alkanes) is 9. The van der Waals surface area contributed by atoms with E-state index in [0.29, 0.717) is 5.92 Å². The van der Waals surface area contributed by atoms with E-state index in [1.807, 2.05) is 0 Å². The van der Waals surface area contributed by atoms with Crippen molar-refractivity contribution >= 4 is 0 Å². The maximum atomic E-state index is 10.3. The summed E-state index contributed by atoms with van der Waals surface area (Å²) in [7, 11) is 0. The molecule has 0 spiro atoms. The van der Waals surface area contributed by atoms with E-state index in [-0.39, 0.29) is 6.10 Å². The van der Waals surface area contributed by atoms with Crippen molar-refractivity contribution < 1.29 is 9.84 Å². The molecule has 1 N–H and O–H groups in total. The van der Waals surface area contributed by atoms with Crippen molar-refractivity contribution in [1.29, 1.82) is 0 Å². The van der Waals surface area contributed by atoms with Crippen LogP contribution < -0.4 is 4.74 Å². The van der Waals surface area contributed by atoms with Crippen LogP contribution in [0.3, 0.4) is 0 Å². The van der Waals surface area contributed by atoms with E-state index in [9.17, 15) is 5.11 Å². The summed E-state index contributed by atoms with van der Waals surface area (Å²) in [6.07, 6.45) is 17.7. The van der Waals surface area contributed by atoms with E-state index < -0.39 is 0 Å². The first-order valence-corrected chi connectivity index (χ1v) is 13.3. The van der Waals surface area contributed by atoms with Crippen LogP contribution in [0.2, 0.25) is 0 Å². The van der Waals surface area contributed by atoms with Crippen molar-refractivity contribution in [1.82, 2.24) is 0 Å². The van der Waals surface area contributed by atoms with Gasteiger partial charge in [-0.05, 0) is 48.1 Å². The third kappa shape index (κ3) is 8.28. The molecule has 0 aliphatic heterocycles. The monoisotopic (exact) mass is 436 g/mol. The molecule has 0 heterocycles. The zero-order chi connectivity index (χ0) is 22.4. The van der Waals surface area contributed by atoms with Crippen LogP contribution >= 0.6 is 0 Å². The largest absolute Gasteiger partial charge is 0.494 e. The first-order chi connectivity index (χ1) is 15.8. The lowest BCUT2D eigenvalue weighted by Gasteiger charge is -2.28. The molecule has 0 radical (unpaired) electrons. The summed E-state index contributed by atoms with van der Waals surface area (Å²) in [5.41, 5.74) is 3.71. The van der Waals surface area contributed by atoms with Crippen LogP contribution in [0.15, 0.2) is 48.5 Å². The van der Waals surface area contributed by atoms with Gasteiger partial charge in [-0.25, -0.2) is 0 Å². The molecule has 1 aliphatic rings. The van der Waals surface area contributed by atoms with Gasteiger partial charge in [0.2, 0.25) is 0 Å². The number of hydrogen-bond donors (Lipinski definition) is 1. The Bertz CT molecular complexity index is 734. The summed E-state index contributed by atoms with van der Waals surface area (Å²) in [5.74, 6) is 1.27. The lowest BCUT2D eigenvalue weighted by atomic mass is 9.81. The summed E-state index contributed by atoms with van der Waals surface area (Å²) in [4.78, 5) is 0. The van der Waals surface area contributed by atoms with Gasteiger partial charge in [-0.15, -0.1) is 0 Å².